The minimum atomic E-state index is -0.329. The second-order valence-corrected chi connectivity index (χ2v) is 2.92. The first-order valence-electron chi connectivity index (χ1n) is 3.84. The Morgan fingerprint density at radius 1 is 1.27 bits per heavy atom. The van der Waals surface area contributed by atoms with Gasteiger partial charge in [-0.2, -0.15) is 0 Å². The minimum Gasteiger partial charge on any atom is -1.00 e. The maximum Gasteiger partial charge on any atom is 2.00 e. The fourth-order valence-corrected chi connectivity index (χ4v) is 0.739. The molecule has 0 fully saturated rings. The van der Waals surface area contributed by atoms with Crippen molar-refractivity contribution < 1.29 is 17.5 Å². The van der Waals surface area contributed by atoms with Crippen molar-refractivity contribution in [3.8, 4) is 0 Å². The van der Waals surface area contributed by atoms with E-state index in [1.54, 1.807) is 0 Å². The molecule has 0 rings (SSSR count). The second-order valence-electron chi connectivity index (χ2n) is 2.92. The molecule has 1 atom stereocenters. The molecule has 0 aromatic rings. The molecule has 0 aliphatic carbocycles. The average Bonchev–Trinajstić information content (AvgIpc) is 1.82. The summed E-state index contributed by atoms with van der Waals surface area (Å²) in [6, 6.07) is 0. The summed E-state index contributed by atoms with van der Waals surface area (Å²) in [5, 5.41) is 11.0. The Morgan fingerprint density at radius 3 is 2.00 bits per heavy atom. The van der Waals surface area contributed by atoms with E-state index in [0.29, 0.717) is 5.92 Å². The predicted octanol–water partition coefficient (Wildman–Crippen LogP) is -1.82. The summed E-state index contributed by atoms with van der Waals surface area (Å²) in [7, 11) is 0. The van der Waals surface area contributed by atoms with Crippen molar-refractivity contribution in [3.05, 3.63) is 0 Å². The smallest absolute Gasteiger partial charge is 1.00 e. The largest absolute Gasteiger partial charge is 2.00 e. The Bertz CT molecular complexity index is 69.1. The van der Waals surface area contributed by atoms with Gasteiger partial charge in [-0.1, -0.05) is 46.0 Å². The first-order chi connectivity index (χ1) is 4.18. The molecule has 0 aromatic carbocycles. The summed E-state index contributed by atoms with van der Waals surface area (Å²) >= 11 is 0. The van der Waals surface area contributed by atoms with E-state index in [1.807, 2.05) is 13.8 Å². The molecule has 11 heavy (non-hydrogen) atoms. The Labute approximate surface area is 92.5 Å². The molecule has 0 amide bonds. The van der Waals surface area contributed by atoms with Gasteiger partial charge in [-0.3, -0.25) is 0 Å². The first kappa shape index (κ1) is 17.9. The number of halogens is 1. The van der Waals surface area contributed by atoms with Gasteiger partial charge in [0.2, 0.25) is 0 Å². The van der Waals surface area contributed by atoms with Gasteiger partial charge in [-0.05, 0) is 0 Å². The van der Waals surface area contributed by atoms with Crippen molar-refractivity contribution in [2.24, 2.45) is 5.92 Å². The van der Waals surface area contributed by atoms with Crippen LogP contribution in [0.3, 0.4) is 0 Å². The van der Waals surface area contributed by atoms with E-state index in [-0.39, 0.29) is 41.6 Å². The summed E-state index contributed by atoms with van der Waals surface area (Å²) in [5.41, 5.74) is 0. The zero-order valence-corrected chi connectivity index (χ0v) is 9.94. The zero-order valence-electron chi connectivity index (χ0n) is 7.77. The zero-order chi connectivity index (χ0) is 7.28. The van der Waals surface area contributed by atoms with Crippen LogP contribution in [0.2, 0.25) is 0 Å². The van der Waals surface area contributed by atoms with Gasteiger partial charge in [-0.15, -0.1) is 6.10 Å². The maximum atomic E-state index is 11.0. The first-order valence-corrected chi connectivity index (χ1v) is 3.84. The maximum absolute atomic E-state index is 11.0. The van der Waals surface area contributed by atoms with Gasteiger partial charge in [0, 0.05) is 0 Å². The van der Waals surface area contributed by atoms with Gasteiger partial charge in [0.15, 0.2) is 0 Å². The number of hydrogen-bond donors (Lipinski definition) is 0. The third-order valence-electron chi connectivity index (χ3n) is 1.59. The summed E-state index contributed by atoms with van der Waals surface area (Å²) in [6.45, 7) is 6.10. The predicted molar refractivity (Wildman–Crippen MR) is 43.9 cm³/mol. The molecule has 0 N–H and O–H groups in total. The van der Waals surface area contributed by atoms with Crippen molar-refractivity contribution in [2.45, 2.75) is 46.1 Å². The number of hydrogen-bond acceptors (Lipinski definition) is 1. The van der Waals surface area contributed by atoms with Gasteiger partial charge >= 0.3 is 23.1 Å². The monoisotopic (exact) mass is 188 g/mol. The van der Waals surface area contributed by atoms with Crippen molar-refractivity contribution in [3.63, 3.8) is 0 Å². The third-order valence-corrected chi connectivity index (χ3v) is 1.59. The number of rotatable bonds is 4. The molecule has 0 radical (unpaired) electrons. The minimum absolute atomic E-state index is 0. The van der Waals surface area contributed by atoms with E-state index in [1.165, 1.54) is 0 Å². The standard InChI is InChI=1S/C8H17O.ClH.Mg/c1-4-5-6-8(9)7(2)3;;/h7-8H,4-6H2,1-3H3;1H;/q-1;;+2/p-1. The van der Waals surface area contributed by atoms with Crippen LogP contribution in [0.15, 0.2) is 0 Å². The van der Waals surface area contributed by atoms with Gasteiger partial charge in [0.1, 0.15) is 0 Å². The third kappa shape index (κ3) is 11.0. The van der Waals surface area contributed by atoms with Crippen molar-refractivity contribution in [2.75, 3.05) is 0 Å². The fourth-order valence-electron chi connectivity index (χ4n) is 0.739. The van der Waals surface area contributed by atoms with Gasteiger partial charge in [0.25, 0.3) is 0 Å². The topological polar surface area (TPSA) is 23.1 Å². The molecule has 0 saturated heterocycles. The Hall–Kier alpha value is 1.02. The van der Waals surface area contributed by atoms with Crippen molar-refractivity contribution in [1.29, 1.82) is 0 Å². The molecule has 64 valence electrons. The molecule has 0 heterocycles. The summed E-state index contributed by atoms with van der Waals surface area (Å²) in [4.78, 5) is 0. The van der Waals surface area contributed by atoms with E-state index in [9.17, 15) is 5.11 Å². The van der Waals surface area contributed by atoms with Gasteiger partial charge in [-0.25, -0.2) is 0 Å². The van der Waals surface area contributed by atoms with Crippen LogP contribution in [0.25, 0.3) is 0 Å². The summed E-state index contributed by atoms with van der Waals surface area (Å²) < 4.78 is 0. The molecule has 0 spiro atoms. The van der Waals surface area contributed by atoms with Crippen molar-refractivity contribution in [1.82, 2.24) is 0 Å². The van der Waals surface area contributed by atoms with E-state index in [4.69, 9.17) is 0 Å². The van der Waals surface area contributed by atoms with Crippen LogP contribution in [-0.2, 0) is 0 Å². The summed E-state index contributed by atoms with van der Waals surface area (Å²) in [5.74, 6) is 0.316. The Balaban J connectivity index is -0.000000320. The van der Waals surface area contributed by atoms with Crippen molar-refractivity contribution >= 4 is 23.1 Å². The van der Waals surface area contributed by atoms with E-state index < -0.39 is 0 Å². The Kier molecular flexibility index (Phi) is 18.0. The van der Waals surface area contributed by atoms with Crippen LogP contribution in [0.4, 0.5) is 0 Å². The molecule has 1 nitrogen and oxygen atoms in total. The molecule has 3 heteroatoms. The van der Waals surface area contributed by atoms with Crippen LogP contribution in [0.1, 0.15) is 40.0 Å². The van der Waals surface area contributed by atoms with Gasteiger partial charge in [0.05, 0.1) is 0 Å². The van der Waals surface area contributed by atoms with E-state index >= 15 is 0 Å². The number of unbranched alkanes of at least 4 members (excludes halogenated alkanes) is 1. The van der Waals surface area contributed by atoms with E-state index in [0.717, 1.165) is 19.3 Å². The molecule has 0 aromatic heterocycles. The molecular formula is C8H17ClMgO. The summed E-state index contributed by atoms with van der Waals surface area (Å²) in [6.07, 6.45) is 2.76. The Morgan fingerprint density at radius 2 is 1.73 bits per heavy atom. The van der Waals surface area contributed by atoms with Crippen LogP contribution < -0.4 is 17.5 Å². The molecule has 0 aliphatic heterocycles. The van der Waals surface area contributed by atoms with Crippen LogP contribution in [0, 0.1) is 5.92 Å². The molecule has 0 bridgehead atoms. The fraction of sp³-hybridized carbons (Fsp3) is 1.00. The van der Waals surface area contributed by atoms with Crippen LogP contribution in [0.5, 0.6) is 0 Å². The quantitative estimate of drug-likeness (QED) is 0.478. The average molecular weight is 189 g/mol. The molecule has 0 aliphatic rings. The SMILES string of the molecule is CCCCC([O-])C(C)C.[Cl-].[Mg+2]. The molecule has 0 saturated carbocycles. The van der Waals surface area contributed by atoms with E-state index in [2.05, 4.69) is 6.92 Å². The van der Waals surface area contributed by atoms with Gasteiger partial charge < -0.3 is 17.5 Å². The molecule has 1 unspecified atom stereocenters. The second kappa shape index (κ2) is 11.0. The van der Waals surface area contributed by atoms with Crippen LogP contribution in [-0.4, -0.2) is 29.2 Å². The molecular weight excluding hydrogens is 172 g/mol. The van der Waals surface area contributed by atoms with Crippen LogP contribution >= 0.6 is 0 Å². The normalized spacial score (nSPS) is 11.7.